The molecule has 2 saturated heterocycles. The summed E-state index contributed by atoms with van der Waals surface area (Å²) < 4.78 is 11.1. The number of para-hydroxylation sites is 1. The molecule has 0 aliphatic carbocycles. The topological polar surface area (TPSA) is 24.9 Å². The first-order chi connectivity index (χ1) is 10.3. The Balaban J connectivity index is 1.76. The molecule has 2 aliphatic rings. The molecule has 1 aromatic rings. The molecule has 116 valence electrons. The zero-order chi connectivity index (χ0) is 14.7. The van der Waals surface area contributed by atoms with Crippen molar-refractivity contribution in [2.24, 2.45) is 0 Å². The molecule has 0 aromatic heterocycles. The van der Waals surface area contributed by atoms with Gasteiger partial charge in [0, 0.05) is 44.5 Å². The molecular formula is C17H26N2O2. The normalized spacial score (nSPS) is 25.9. The molecule has 0 saturated carbocycles. The third-order valence-corrected chi connectivity index (χ3v) is 4.88. The molecule has 21 heavy (non-hydrogen) atoms. The van der Waals surface area contributed by atoms with E-state index in [9.17, 15) is 0 Å². The van der Waals surface area contributed by atoms with Crippen molar-refractivity contribution in [2.75, 3.05) is 47.0 Å². The summed E-state index contributed by atoms with van der Waals surface area (Å²) in [7, 11) is 3.98. The van der Waals surface area contributed by atoms with Crippen LogP contribution in [-0.4, -0.2) is 62.8 Å². The number of likely N-dealkylation sites (N-methyl/N-ethyl adjacent to an activating group) is 1. The molecule has 0 N–H and O–H groups in total. The molecule has 0 unspecified atom stereocenters. The lowest BCUT2D eigenvalue weighted by Gasteiger charge is -2.44. The minimum Gasteiger partial charge on any atom is -0.496 e. The molecule has 4 heteroatoms. The minimum absolute atomic E-state index is 0.415. The highest BCUT2D eigenvalue weighted by Crippen LogP contribution is 2.32. The maximum absolute atomic E-state index is 5.56. The Morgan fingerprint density at radius 1 is 1.14 bits per heavy atom. The predicted octanol–water partition coefficient (Wildman–Crippen LogP) is 2.16. The van der Waals surface area contributed by atoms with Crippen LogP contribution in [0.1, 0.15) is 24.4 Å². The van der Waals surface area contributed by atoms with E-state index in [1.807, 2.05) is 6.07 Å². The number of ether oxygens (including phenoxy) is 2. The Morgan fingerprint density at radius 2 is 1.90 bits per heavy atom. The standard InChI is InChI=1S/C17H26N2O2/c1-18-9-10-19(14-7-11-21-12-8-14)13-16(18)15-5-3-4-6-17(15)20-2/h3-6,14,16H,7-13H2,1-2H3/t16-/m1/s1. The summed E-state index contributed by atoms with van der Waals surface area (Å²) in [5, 5.41) is 0. The average Bonchev–Trinajstić information content (AvgIpc) is 2.56. The SMILES string of the molecule is COc1ccccc1[C@H]1CN(C2CCOCC2)CCN1C. The van der Waals surface area contributed by atoms with E-state index in [-0.39, 0.29) is 0 Å². The molecule has 0 bridgehead atoms. The van der Waals surface area contributed by atoms with E-state index in [2.05, 4.69) is 35.0 Å². The highest BCUT2D eigenvalue weighted by atomic mass is 16.5. The fourth-order valence-corrected chi connectivity index (χ4v) is 3.55. The van der Waals surface area contributed by atoms with Crippen LogP contribution >= 0.6 is 0 Å². The second kappa shape index (κ2) is 6.77. The van der Waals surface area contributed by atoms with Crippen molar-refractivity contribution < 1.29 is 9.47 Å². The van der Waals surface area contributed by atoms with Gasteiger partial charge in [-0.1, -0.05) is 18.2 Å². The lowest BCUT2D eigenvalue weighted by atomic mass is 9.98. The third-order valence-electron chi connectivity index (χ3n) is 4.88. The summed E-state index contributed by atoms with van der Waals surface area (Å²) in [6.07, 6.45) is 2.34. The molecule has 0 amide bonds. The molecule has 1 aromatic carbocycles. The molecular weight excluding hydrogens is 264 g/mol. The van der Waals surface area contributed by atoms with Crippen molar-refractivity contribution in [3.05, 3.63) is 29.8 Å². The van der Waals surface area contributed by atoms with Crippen molar-refractivity contribution in [2.45, 2.75) is 24.9 Å². The van der Waals surface area contributed by atoms with Crippen LogP contribution in [0, 0.1) is 0 Å². The number of piperazine rings is 1. The van der Waals surface area contributed by atoms with Crippen LogP contribution in [0.3, 0.4) is 0 Å². The maximum Gasteiger partial charge on any atom is 0.123 e. The first-order valence-electron chi connectivity index (χ1n) is 7.94. The molecule has 0 radical (unpaired) electrons. The summed E-state index contributed by atoms with van der Waals surface area (Å²) in [5.74, 6) is 1.00. The molecule has 1 atom stereocenters. The van der Waals surface area contributed by atoms with Crippen molar-refractivity contribution >= 4 is 0 Å². The van der Waals surface area contributed by atoms with Crippen molar-refractivity contribution in [1.29, 1.82) is 0 Å². The third kappa shape index (κ3) is 3.23. The van der Waals surface area contributed by atoms with Gasteiger partial charge in [-0.15, -0.1) is 0 Å². The Bertz CT molecular complexity index is 460. The number of nitrogens with zero attached hydrogens (tertiary/aromatic N) is 2. The highest BCUT2D eigenvalue weighted by Gasteiger charge is 2.31. The van der Waals surface area contributed by atoms with Gasteiger partial charge in [-0.3, -0.25) is 9.80 Å². The van der Waals surface area contributed by atoms with E-state index in [1.165, 1.54) is 18.4 Å². The van der Waals surface area contributed by atoms with Gasteiger partial charge < -0.3 is 9.47 Å². The van der Waals surface area contributed by atoms with E-state index in [0.29, 0.717) is 12.1 Å². The van der Waals surface area contributed by atoms with Gasteiger partial charge in [-0.2, -0.15) is 0 Å². The largest absolute Gasteiger partial charge is 0.496 e. The van der Waals surface area contributed by atoms with E-state index in [0.717, 1.165) is 38.6 Å². The number of benzene rings is 1. The van der Waals surface area contributed by atoms with E-state index in [4.69, 9.17) is 9.47 Å². The van der Waals surface area contributed by atoms with Crippen LogP contribution < -0.4 is 4.74 Å². The van der Waals surface area contributed by atoms with Gasteiger partial charge in [0.05, 0.1) is 13.2 Å². The highest BCUT2D eigenvalue weighted by molar-refractivity contribution is 5.36. The number of hydrogen-bond acceptors (Lipinski definition) is 4. The lowest BCUT2D eigenvalue weighted by molar-refractivity contribution is 0.000648. The minimum atomic E-state index is 0.415. The van der Waals surface area contributed by atoms with Gasteiger partial charge in [0.1, 0.15) is 5.75 Å². The lowest BCUT2D eigenvalue weighted by Crippen LogP contribution is -2.51. The van der Waals surface area contributed by atoms with Gasteiger partial charge in [0.25, 0.3) is 0 Å². The quantitative estimate of drug-likeness (QED) is 0.852. The van der Waals surface area contributed by atoms with Crippen LogP contribution in [0.4, 0.5) is 0 Å². The number of rotatable bonds is 3. The monoisotopic (exact) mass is 290 g/mol. The van der Waals surface area contributed by atoms with Crippen molar-refractivity contribution in [3.8, 4) is 5.75 Å². The molecule has 2 aliphatic heterocycles. The van der Waals surface area contributed by atoms with Crippen LogP contribution in [0.25, 0.3) is 0 Å². The molecule has 4 nitrogen and oxygen atoms in total. The fourth-order valence-electron chi connectivity index (χ4n) is 3.55. The second-order valence-electron chi connectivity index (χ2n) is 6.08. The van der Waals surface area contributed by atoms with E-state index in [1.54, 1.807) is 7.11 Å². The van der Waals surface area contributed by atoms with Crippen LogP contribution in [-0.2, 0) is 4.74 Å². The second-order valence-corrected chi connectivity index (χ2v) is 6.08. The number of hydrogen-bond donors (Lipinski definition) is 0. The zero-order valence-corrected chi connectivity index (χ0v) is 13.1. The summed E-state index contributed by atoms with van der Waals surface area (Å²) >= 11 is 0. The Labute approximate surface area is 127 Å². The van der Waals surface area contributed by atoms with Crippen LogP contribution in [0.15, 0.2) is 24.3 Å². The maximum atomic E-state index is 5.56. The first-order valence-corrected chi connectivity index (χ1v) is 7.94. The predicted molar refractivity (Wildman–Crippen MR) is 83.8 cm³/mol. The molecule has 3 rings (SSSR count). The molecule has 0 spiro atoms. The zero-order valence-electron chi connectivity index (χ0n) is 13.1. The van der Waals surface area contributed by atoms with Gasteiger partial charge in [0.15, 0.2) is 0 Å². The van der Waals surface area contributed by atoms with Crippen LogP contribution in [0.2, 0.25) is 0 Å². The summed E-state index contributed by atoms with van der Waals surface area (Å²) in [6.45, 7) is 5.18. The Hall–Kier alpha value is -1.10. The van der Waals surface area contributed by atoms with Gasteiger partial charge in [-0.25, -0.2) is 0 Å². The van der Waals surface area contributed by atoms with Crippen molar-refractivity contribution in [3.63, 3.8) is 0 Å². The van der Waals surface area contributed by atoms with Gasteiger partial charge in [-0.05, 0) is 26.0 Å². The van der Waals surface area contributed by atoms with Crippen molar-refractivity contribution in [1.82, 2.24) is 9.80 Å². The summed E-state index contributed by atoms with van der Waals surface area (Å²) in [5.41, 5.74) is 1.30. The van der Waals surface area contributed by atoms with Crippen LogP contribution in [0.5, 0.6) is 5.75 Å². The Morgan fingerprint density at radius 3 is 2.67 bits per heavy atom. The molecule has 2 fully saturated rings. The smallest absolute Gasteiger partial charge is 0.123 e. The fraction of sp³-hybridized carbons (Fsp3) is 0.647. The van der Waals surface area contributed by atoms with Gasteiger partial charge in [0.2, 0.25) is 0 Å². The van der Waals surface area contributed by atoms with E-state index < -0.39 is 0 Å². The van der Waals surface area contributed by atoms with E-state index >= 15 is 0 Å². The Kier molecular flexibility index (Phi) is 4.78. The summed E-state index contributed by atoms with van der Waals surface area (Å²) in [6, 6.07) is 9.52. The summed E-state index contributed by atoms with van der Waals surface area (Å²) in [4.78, 5) is 5.10. The molecule has 2 heterocycles. The number of methoxy groups -OCH3 is 1. The average molecular weight is 290 g/mol. The first kappa shape index (κ1) is 14.8. The van der Waals surface area contributed by atoms with Gasteiger partial charge >= 0.3 is 0 Å².